The van der Waals surface area contributed by atoms with E-state index in [0.29, 0.717) is 24.6 Å². The highest BCUT2D eigenvalue weighted by atomic mass is 19.3. The molecule has 1 N–H and O–H groups in total. The van der Waals surface area contributed by atoms with Crippen molar-refractivity contribution in [3.05, 3.63) is 23.9 Å². The van der Waals surface area contributed by atoms with Gasteiger partial charge in [0.25, 0.3) is 6.43 Å². The van der Waals surface area contributed by atoms with E-state index < -0.39 is 13.0 Å². The van der Waals surface area contributed by atoms with E-state index in [9.17, 15) is 8.78 Å². The van der Waals surface area contributed by atoms with E-state index in [0.717, 1.165) is 18.6 Å². The minimum absolute atomic E-state index is 0.118. The monoisotopic (exact) mass is 326 g/mol. The SMILES string of the molecule is CC1(C)[C@H](NCc2ccnc(OCC(F)F)c2)[C@@H]2CCCO[C@H]21. The second-order valence-corrected chi connectivity index (χ2v) is 6.98. The fraction of sp³-hybridized carbons (Fsp3) is 0.706. The van der Waals surface area contributed by atoms with Gasteiger partial charge in [-0.25, -0.2) is 13.8 Å². The highest BCUT2D eigenvalue weighted by molar-refractivity contribution is 5.21. The number of nitrogens with one attached hydrogen (secondary N) is 1. The quantitative estimate of drug-likeness (QED) is 0.873. The molecular formula is C17H24F2N2O2. The van der Waals surface area contributed by atoms with Crippen LogP contribution < -0.4 is 10.1 Å². The lowest BCUT2D eigenvalue weighted by molar-refractivity contribution is -0.192. The smallest absolute Gasteiger partial charge is 0.272 e. The van der Waals surface area contributed by atoms with Gasteiger partial charge in [0, 0.05) is 42.8 Å². The zero-order valence-electron chi connectivity index (χ0n) is 13.6. The van der Waals surface area contributed by atoms with Crippen molar-refractivity contribution in [2.75, 3.05) is 13.2 Å². The first kappa shape index (κ1) is 16.6. The summed E-state index contributed by atoms with van der Waals surface area (Å²) in [5.74, 6) is 0.812. The molecule has 1 aliphatic carbocycles. The summed E-state index contributed by atoms with van der Waals surface area (Å²) in [5.41, 5.74) is 1.10. The molecule has 3 atom stereocenters. The van der Waals surface area contributed by atoms with Crippen molar-refractivity contribution >= 4 is 0 Å². The van der Waals surface area contributed by atoms with Crippen LogP contribution in [-0.4, -0.2) is 36.8 Å². The summed E-state index contributed by atoms with van der Waals surface area (Å²) in [4.78, 5) is 3.96. The van der Waals surface area contributed by atoms with Crippen LogP contribution >= 0.6 is 0 Å². The van der Waals surface area contributed by atoms with Crippen LogP contribution in [0, 0.1) is 11.3 Å². The van der Waals surface area contributed by atoms with Crippen LogP contribution in [0.25, 0.3) is 0 Å². The molecule has 0 aromatic carbocycles. The molecule has 0 unspecified atom stereocenters. The number of hydrogen-bond acceptors (Lipinski definition) is 4. The Hall–Kier alpha value is -1.27. The molecule has 1 aromatic rings. The average molecular weight is 326 g/mol. The van der Waals surface area contributed by atoms with Crippen molar-refractivity contribution in [3.63, 3.8) is 0 Å². The summed E-state index contributed by atoms with van der Waals surface area (Å²) in [6, 6.07) is 4.00. The van der Waals surface area contributed by atoms with Crippen molar-refractivity contribution in [1.82, 2.24) is 10.3 Å². The van der Waals surface area contributed by atoms with E-state index in [1.165, 1.54) is 6.42 Å². The van der Waals surface area contributed by atoms with E-state index in [1.807, 2.05) is 6.07 Å². The van der Waals surface area contributed by atoms with Gasteiger partial charge in [0.2, 0.25) is 5.88 Å². The van der Waals surface area contributed by atoms with Crippen molar-refractivity contribution in [3.8, 4) is 5.88 Å². The largest absolute Gasteiger partial charge is 0.472 e. The molecule has 128 valence electrons. The van der Waals surface area contributed by atoms with Gasteiger partial charge in [-0.2, -0.15) is 0 Å². The molecule has 0 radical (unpaired) electrons. The molecule has 0 spiro atoms. The summed E-state index contributed by atoms with van der Waals surface area (Å²) in [7, 11) is 0. The van der Waals surface area contributed by atoms with Gasteiger partial charge in [0.1, 0.15) is 0 Å². The molecule has 6 heteroatoms. The third kappa shape index (κ3) is 3.48. The predicted molar refractivity (Wildman–Crippen MR) is 82.6 cm³/mol. The Bertz CT molecular complexity index is 539. The Morgan fingerprint density at radius 1 is 1.48 bits per heavy atom. The lowest BCUT2D eigenvalue weighted by Gasteiger charge is -2.60. The van der Waals surface area contributed by atoms with Crippen LogP contribution in [0.1, 0.15) is 32.3 Å². The van der Waals surface area contributed by atoms with E-state index in [-0.39, 0.29) is 11.3 Å². The highest BCUT2D eigenvalue weighted by Gasteiger charge is 2.57. The Balaban J connectivity index is 1.57. The maximum Gasteiger partial charge on any atom is 0.272 e. The molecule has 3 rings (SSSR count). The minimum atomic E-state index is -2.49. The Morgan fingerprint density at radius 2 is 2.30 bits per heavy atom. The molecular weight excluding hydrogens is 302 g/mol. The van der Waals surface area contributed by atoms with E-state index >= 15 is 0 Å². The normalized spacial score (nSPS) is 29.0. The Morgan fingerprint density at radius 3 is 3.09 bits per heavy atom. The zero-order chi connectivity index (χ0) is 16.4. The summed E-state index contributed by atoms with van der Waals surface area (Å²) in [6.07, 6.45) is 1.77. The molecule has 1 aliphatic heterocycles. The third-order valence-electron chi connectivity index (χ3n) is 5.01. The zero-order valence-corrected chi connectivity index (χ0v) is 13.6. The van der Waals surface area contributed by atoms with Crippen LogP contribution in [0.5, 0.6) is 5.88 Å². The number of alkyl halides is 2. The lowest BCUT2D eigenvalue weighted by atomic mass is 9.55. The van der Waals surface area contributed by atoms with Gasteiger partial charge in [-0.1, -0.05) is 13.8 Å². The first-order valence-corrected chi connectivity index (χ1v) is 8.19. The highest BCUT2D eigenvalue weighted by Crippen LogP contribution is 2.51. The summed E-state index contributed by atoms with van der Waals surface area (Å²) < 4.78 is 35.3. The van der Waals surface area contributed by atoms with E-state index in [4.69, 9.17) is 9.47 Å². The maximum atomic E-state index is 12.2. The van der Waals surface area contributed by atoms with Crippen molar-refractivity contribution in [1.29, 1.82) is 0 Å². The second kappa shape index (κ2) is 6.69. The van der Waals surface area contributed by atoms with Crippen molar-refractivity contribution < 1.29 is 18.3 Å². The number of aromatic nitrogens is 1. The number of nitrogens with zero attached hydrogens (tertiary/aromatic N) is 1. The van der Waals surface area contributed by atoms with Gasteiger partial charge < -0.3 is 14.8 Å². The first-order valence-electron chi connectivity index (χ1n) is 8.19. The molecule has 2 aliphatic rings. The van der Waals surface area contributed by atoms with E-state index in [1.54, 1.807) is 12.3 Å². The number of pyridine rings is 1. The van der Waals surface area contributed by atoms with Crippen LogP contribution in [0.15, 0.2) is 18.3 Å². The summed E-state index contributed by atoms with van der Waals surface area (Å²) in [6.45, 7) is 5.39. The molecule has 0 bridgehead atoms. The molecule has 2 fully saturated rings. The van der Waals surface area contributed by atoms with Gasteiger partial charge in [-0.05, 0) is 24.5 Å². The fourth-order valence-corrected chi connectivity index (χ4v) is 3.95. The number of ether oxygens (including phenoxy) is 2. The van der Waals surface area contributed by atoms with Gasteiger partial charge in [0.05, 0.1) is 6.10 Å². The molecule has 4 nitrogen and oxygen atoms in total. The minimum Gasteiger partial charge on any atom is -0.472 e. The van der Waals surface area contributed by atoms with E-state index in [2.05, 4.69) is 24.1 Å². The van der Waals surface area contributed by atoms with Gasteiger partial charge in [0.15, 0.2) is 6.61 Å². The van der Waals surface area contributed by atoms with Crippen LogP contribution in [0.3, 0.4) is 0 Å². The van der Waals surface area contributed by atoms with Crippen LogP contribution in [0.4, 0.5) is 8.78 Å². The Labute approximate surface area is 135 Å². The molecule has 2 heterocycles. The van der Waals surface area contributed by atoms with Crippen molar-refractivity contribution in [2.45, 2.75) is 51.8 Å². The van der Waals surface area contributed by atoms with Gasteiger partial charge in [-0.3, -0.25) is 0 Å². The fourth-order valence-electron chi connectivity index (χ4n) is 3.95. The second-order valence-electron chi connectivity index (χ2n) is 6.98. The molecule has 1 aromatic heterocycles. The standard InChI is InChI=1S/C17H24F2N2O2/c1-17(2)15(12-4-3-7-22-16(12)17)21-9-11-5-6-20-14(8-11)23-10-13(18)19/h5-6,8,12-13,15-16,21H,3-4,7,9-10H2,1-2H3/t12-,15+,16+/m0/s1. The number of halogens is 2. The molecule has 0 amide bonds. The van der Waals surface area contributed by atoms with Gasteiger partial charge in [-0.15, -0.1) is 0 Å². The number of rotatable bonds is 6. The lowest BCUT2D eigenvalue weighted by Crippen LogP contribution is -2.69. The van der Waals surface area contributed by atoms with Crippen LogP contribution in [0.2, 0.25) is 0 Å². The number of hydrogen-bond donors (Lipinski definition) is 1. The molecule has 1 saturated heterocycles. The third-order valence-corrected chi connectivity index (χ3v) is 5.01. The number of fused-ring (bicyclic) bond motifs is 1. The summed E-state index contributed by atoms with van der Waals surface area (Å²) in [5, 5.41) is 3.61. The maximum absolute atomic E-state index is 12.2. The van der Waals surface area contributed by atoms with Gasteiger partial charge >= 0.3 is 0 Å². The van der Waals surface area contributed by atoms with Crippen LogP contribution in [-0.2, 0) is 11.3 Å². The predicted octanol–water partition coefficient (Wildman–Crippen LogP) is 3.02. The summed E-state index contributed by atoms with van der Waals surface area (Å²) >= 11 is 0. The Kier molecular flexibility index (Phi) is 4.82. The molecule has 1 saturated carbocycles. The molecule has 23 heavy (non-hydrogen) atoms. The average Bonchev–Trinajstić information content (AvgIpc) is 2.53. The topological polar surface area (TPSA) is 43.4 Å². The van der Waals surface area contributed by atoms with Crippen molar-refractivity contribution in [2.24, 2.45) is 11.3 Å². The first-order chi connectivity index (χ1) is 11.0.